The second kappa shape index (κ2) is 4.49. The average molecular weight is 244 g/mol. The molecule has 0 spiro atoms. The van der Waals surface area contributed by atoms with E-state index in [0.29, 0.717) is 5.69 Å². The van der Waals surface area contributed by atoms with Crippen molar-refractivity contribution in [2.24, 2.45) is 0 Å². The largest absolute Gasteiger partial charge is 0.397 e. The summed E-state index contributed by atoms with van der Waals surface area (Å²) in [4.78, 5) is 1.76. The predicted molar refractivity (Wildman–Crippen MR) is 64.9 cm³/mol. The van der Waals surface area contributed by atoms with Gasteiger partial charge in [0.2, 0.25) is 0 Å². The van der Waals surface area contributed by atoms with E-state index < -0.39 is 11.6 Å². The second-order valence-corrected chi connectivity index (χ2v) is 5.08. The Kier molecular flexibility index (Phi) is 3.23. The number of nitrogens with zero attached hydrogens (tertiary/aromatic N) is 1. The highest BCUT2D eigenvalue weighted by Gasteiger charge is 2.25. The van der Waals surface area contributed by atoms with E-state index in [-0.39, 0.29) is 11.7 Å². The van der Waals surface area contributed by atoms with Crippen LogP contribution in [0.5, 0.6) is 0 Å². The number of rotatable bonds is 2. The fourth-order valence-electron chi connectivity index (χ4n) is 1.92. The van der Waals surface area contributed by atoms with Crippen molar-refractivity contribution in [1.29, 1.82) is 0 Å². The molecule has 1 heterocycles. The molecule has 1 atom stereocenters. The van der Waals surface area contributed by atoms with Gasteiger partial charge in [0.25, 0.3) is 0 Å². The van der Waals surface area contributed by atoms with E-state index >= 15 is 0 Å². The van der Waals surface area contributed by atoms with Gasteiger partial charge in [-0.3, -0.25) is 0 Å². The first kappa shape index (κ1) is 11.5. The number of anilines is 2. The van der Waals surface area contributed by atoms with Crippen LogP contribution in [0.3, 0.4) is 0 Å². The smallest absolute Gasteiger partial charge is 0.184 e. The molecule has 1 saturated heterocycles. The molecule has 1 aromatic carbocycles. The quantitative estimate of drug-likeness (QED) is 0.810. The van der Waals surface area contributed by atoms with Crippen LogP contribution in [-0.4, -0.2) is 24.6 Å². The van der Waals surface area contributed by atoms with Gasteiger partial charge >= 0.3 is 0 Å². The summed E-state index contributed by atoms with van der Waals surface area (Å²) >= 11 is 1.82. The van der Waals surface area contributed by atoms with E-state index in [4.69, 9.17) is 5.73 Å². The monoisotopic (exact) mass is 244 g/mol. The highest BCUT2D eigenvalue weighted by molar-refractivity contribution is 7.99. The Morgan fingerprint density at radius 1 is 1.44 bits per heavy atom. The van der Waals surface area contributed by atoms with E-state index in [1.807, 2.05) is 11.8 Å². The first-order chi connectivity index (χ1) is 7.61. The molecule has 16 heavy (non-hydrogen) atoms. The zero-order chi connectivity index (χ0) is 11.7. The topological polar surface area (TPSA) is 29.3 Å². The van der Waals surface area contributed by atoms with Crippen molar-refractivity contribution in [2.45, 2.75) is 12.5 Å². The first-order valence-electron chi connectivity index (χ1n) is 5.15. The van der Waals surface area contributed by atoms with Gasteiger partial charge in [0.05, 0.1) is 11.4 Å². The minimum atomic E-state index is -0.848. The first-order valence-corrected chi connectivity index (χ1v) is 6.30. The number of hydrogen-bond acceptors (Lipinski definition) is 3. The molecule has 0 radical (unpaired) electrons. The molecule has 2 nitrogen and oxygen atoms in total. The summed E-state index contributed by atoms with van der Waals surface area (Å²) in [6.07, 6.45) is 0.983. The van der Waals surface area contributed by atoms with Crippen LogP contribution in [-0.2, 0) is 0 Å². The van der Waals surface area contributed by atoms with Crippen LogP contribution < -0.4 is 10.6 Å². The van der Waals surface area contributed by atoms with E-state index in [9.17, 15) is 8.78 Å². The van der Waals surface area contributed by atoms with Gasteiger partial charge in [-0.25, -0.2) is 8.78 Å². The molecule has 0 saturated carbocycles. The molecule has 1 aromatic rings. The molecule has 0 aromatic heterocycles. The third-order valence-electron chi connectivity index (χ3n) is 2.91. The average Bonchev–Trinajstić information content (AvgIpc) is 2.77. The predicted octanol–water partition coefficient (Wildman–Crippen LogP) is 2.49. The lowest BCUT2D eigenvalue weighted by molar-refractivity contribution is 0.505. The Balaban J connectivity index is 2.34. The zero-order valence-electron chi connectivity index (χ0n) is 9.04. The van der Waals surface area contributed by atoms with Crippen molar-refractivity contribution in [3.05, 3.63) is 23.8 Å². The molecule has 2 N–H and O–H groups in total. The zero-order valence-corrected chi connectivity index (χ0v) is 9.86. The normalized spacial score (nSPS) is 20.1. The minimum absolute atomic E-state index is 0.188. The Morgan fingerprint density at radius 2 is 2.19 bits per heavy atom. The molecule has 1 aliphatic rings. The number of halogens is 2. The Morgan fingerprint density at radius 3 is 2.81 bits per heavy atom. The van der Waals surface area contributed by atoms with Crippen molar-refractivity contribution in [3.63, 3.8) is 0 Å². The molecule has 0 bridgehead atoms. The molecule has 0 amide bonds. The van der Waals surface area contributed by atoms with Gasteiger partial charge in [-0.15, -0.1) is 0 Å². The van der Waals surface area contributed by atoms with Gasteiger partial charge in [-0.2, -0.15) is 11.8 Å². The Bertz CT molecular complexity index is 392. The summed E-state index contributed by atoms with van der Waals surface area (Å²) in [5.74, 6) is 0.304. The van der Waals surface area contributed by atoms with Crippen LogP contribution in [0.4, 0.5) is 20.2 Å². The van der Waals surface area contributed by atoms with Gasteiger partial charge < -0.3 is 10.6 Å². The summed E-state index contributed by atoms with van der Waals surface area (Å²) in [7, 11) is 1.77. The standard InChI is InChI=1S/C11H14F2N2S/c1-15(7-4-5-16-6-7)11-9(14)3-2-8(12)10(11)13/h2-3,7H,4-6,14H2,1H3. The van der Waals surface area contributed by atoms with Gasteiger partial charge in [-0.05, 0) is 24.3 Å². The highest BCUT2D eigenvalue weighted by Crippen LogP contribution is 2.32. The van der Waals surface area contributed by atoms with Crippen molar-refractivity contribution < 1.29 is 8.78 Å². The van der Waals surface area contributed by atoms with Crippen LogP contribution >= 0.6 is 11.8 Å². The molecule has 88 valence electrons. The van der Waals surface area contributed by atoms with E-state index in [1.54, 1.807) is 11.9 Å². The van der Waals surface area contributed by atoms with Crippen LogP contribution in [0.1, 0.15) is 6.42 Å². The maximum atomic E-state index is 13.7. The molecule has 5 heteroatoms. The molecule has 2 rings (SSSR count). The highest BCUT2D eigenvalue weighted by atomic mass is 32.2. The summed E-state index contributed by atoms with van der Waals surface area (Å²) in [5, 5.41) is 0. The van der Waals surface area contributed by atoms with Crippen LogP contribution in [0.25, 0.3) is 0 Å². The summed E-state index contributed by atoms with van der Waals surface area (Å²) < 4.78 is 26.8. The Hall–Kier alpha value is -0.970. The SMILES string of the molecule is CN(c1c(N)ccc(F)c1F)C1CCSC1. The van der Waals surface area contributed by atoms with Gasteiger partial charge in [0.15, 0.2) is 11.6 Å². The van der Waals surface area contributed by atoms with Crippen molar-refractivity contribution in [2.75, 3.05) is 29.2 Å². The molecule has 0 aliphatic carbocycles. The maximum absolute atomic E-state index is 13.7. The molecule has 1 aliphatic heterocycles. The fraction of sp³-hybridized carbons (Fsp3) is 0.455. The van der Waals surface area contributed by atoms with Gasteiger partial charge in [0, 0.05) is 18.8 Å². The number of hydrogen-bond donors (Lipinski definition) is 1. The Labute approximate surface area is 97.8 Å². The molecular formula is C11H14F2N2S. The van der Waals surface area contributed by atoms with Gasteiger partial charge in [-0.1, -0.05) is 0 Å². The summed E-state index contributed by atoms with van der Waals surface area (Å²) in [6.45, 7) is 0. The summed E-state index contributed by atoms with van der Waals surface area (Å²) in [5.41, 5.74) is 6.18. The van der Waals surface area contributed by atoms with Crippen molar-refractivity contribution in [1.82, 2.24) is 0 Å². The van der Waals surface area contributed by atoms with Crippen molar-refractivity contribution >= 4 is 23.1 Å². The lowest BCUT2D eigenvalue weighted by atomic mass is 10.1. The van der Waals surface area contributed by atoms with Crippen LogP contribution in [0.2, 0.25) is 0 Å². The third kappa shape index (κ3) is 1.96. The lowest BCUT2D eigenvalue weighted by Gasteiger charge is -2.27. The van der Waals surface area contributed by atoms with Crippen LogP contribution in [0.15, 0.2) is 12.1 Å². The number of nitrogens with two attached hydrogens (primary N) is 1. The second-order valence-electron chi connectivity index (χ2n) is 3.93. The maximum Gasteiger partial charge on any atom is 0.184 e. The fourth-order valence-corrected chi connectivity index (χ4v) is 3.19. The number of nitrogen functional groups attached to an aromatic ring is 1. The van der Waals surface area contributed by atoms with Crippen LogP contribution in [0, 0.1) is 11.6 Å². The van der Waals surface area contributed by atoms with Gasteiger partial charge in [0.1, 0.15) is 0 Å². The van der Waals surface area contributed by atoms with Crippen molar-refractivity contribution in [3.8, 4) is 0 Å². The number of benzene rings is 1. The van der Waals surface area contributed by atoms with E-state index in [0.717, 1.165) is 24.0 Å². The minimum Gasteiger partial charge on any atom is -0.397 e. The number of thioether (sulfide) groups is 1. The summed E-state index contributed by atoms with van der Waals surface area (Å²) in [6, 6.07) is 2.71. The molecule has 1 unspecified atom stereocenters. The van der Waals surface area contributed by atoms with E-state index in [2.05, 4.69) is 0 Å². The third-order valence-corrected chi connectivity index (χ3v) is 4.05. The molecule has 1 fully saturated rings. The molecular weight excluding hydrogens is 230 g/mol. The lowest BCUT2D eigenvalue weighted by Crippen LogP contribution is -2.32. The van der Waals surface area contributed by atoms with E-state index in [1.165, 1.54) is 6.07 Å².